The zero-order valence-electron chi connectivity index (χ0n) is 15.0. The normalized spacial score (nSPS) is 17.6. The van der Waals surface area contributed by atoms with Crippen molar-refractivity contribution in [2.75, 3.05) is 64.4 Å². The minimum Gasteiger partial charge on any atom is -1.00 e. The van der Waals surface area contributed by atoms with Gasteiger partial charge in [-0.05, 0) is 19.2 Å². The zero-order valence-corrected chi connectivity index (χ0v) is 16.6. The Labute approximate surface area is 156 Å². The lowest BCUT2D eigenvalue weighted by Crippen LogP contribution is -3.00. The second kappa shape index (κ2) is 8.93. The maximum atomic E-state index is 12.3. The van der Waals surface area contributed by atoms with Gasteiger partial charge in [0.05, 0.1) is 45.2 Å². The lowest BCUT2D eigenvalue weighted by atomic mass is 10.2. The van der Waals surface area contributed by atoms with Crippen LogP contribution in [0.2, 0.25) is 0 Å². The molecule has 7 nitrogen and oxygen atoms in total. The van der Waals surface area contributed by atoms with Crippen molar-refractivity contribution < 1.29 is 35.2 Å². The zero-order chi connectivity index (χ0) is 17.8. The Morgan fingerprint density at radius 2 is 1.96 bits per heavy atom. The van der Waals surface area contributed by atoms with Crippen LogP contribution >= 0.6 is 0 Å². The van der Waals surface area contributed by atoms with Crippen LogP contribution in [0.3, 0.4) is 0 Å². The molecule has 0 atom stereocenters. The predicted molar refractivity (Wildman–Crippen MR) is 95.0 cm³/mol. The van der Waals surface area contributed by atoms with Gasteiger partial charge in [0, 0.05) is 25.6 Å². The van der Waals surface area contributed by atoms with Crippen LogP contribution in [0.1, 0.15) is 6.42 Å². The number of benzene rings is 1. The molecule has 1 heterocycles. The van der Waals surface area contributed by atoms with Gasteiger partial charge < -0.3 is 26.7 Å². The SMILES string of the molecule is COc1ccc(O)c(NS(=O)(=O)CCC[N+]2(C)CCN(C)CC2)c1.[Cl-]. The van der Waals surface area contributed by atoms with Crippen molar-refractivity contribution >= 4 is 15.7 Å². The van der Waals surface area contributed by atoms with E-state index in [0.717, 1.165) is 37.2 Å². The number of quaternary nitrogens is 1. The first-order valence-corrected chi connectivity index (χ1v) is 9.78. The van der Waals surface area contributed by atoms with E-state index < -0.39 is 10.0 Å². The second-order valence-electron chi connectivity index (χ2n) is 6.75. The highest BCUT2D eigenvalue weighted by molar-refractivity contribution is 7.92. The Bertz CT molecular complexity index is 661. The highest BCUT2D eigenvalue weighted by Gasteiger charge is 2.27. The Hall–Kier alpha value is -1.22. The van der Waals surface area contributed by atoms with Crippen molar-refractivity contribution in [3.05, 3.63) is 18.2 Å². The smallest absolute Gasteiger partial charge is 0.233 e. The number of halogens is 1. The number of phenols is 1. The fourth-order valence-corrected chi connectivity index (χ4v) is 3.96. The first-order valence-electron chi connectivity index (χ1n) is 8.13. The van der Waals surface area contributed by atoms with E-state index in [1.807, 2.05) is 0 Å². The highest BCUT2D eigenvalue weighted by Crippen LogP contribution is 2.28. The van der Waals surface area contributed by atoms with Gasteiger partial charge in [-0.15, -0.1) is 0 Å². The van der Waals surface area contributed by atoms with Crippen LogP contribution in [0, 0.1) is 0 Å². The van der Waals surface area contributed by atoms with Crippen LogP contribution in [-0.4, -0.2) is 82.6 Å². The topological polar surface area (TPSA) is 78.9 Å². The van der Waals surface area contributed by atoms with Crippen LogP contribution in [0.25, 0.3) is 0 Å². The predicted octanol–water partition coefficient (Wildman–Crippen LogP) is -2.07. The maximum absolute atomic E-state index is 12.3. The van der Waals surface area contributed by atoms with Crippen molar-refractivity contribution in [3.63, 3.8) is 0 Å². The standard InChI is InChI=1S/C16H27N3O4S.ClH/c1-18-7-10-19(2,11-8-18)9-4-12-24(21,22)17-15-13-14(23-3)5-6-16(15)20;/h5-6,13,17H,4,7-12H2,1-3H3;1H. The van der Waals surface area contributed by atoms with Crippen LogP contribution in [-0.2, 0) is 10.0 Å². The number of sulfonamides is 1. The average Bonchev–Trinajstić information content (AvgIpc) is 2.52. The van der Waals surface area contributed by atoms with Gasteiger partial charge in [-0.25, -0.2) is 8.42 Å². The molecule has 1 aliphatic heterocycles. The number of nitrogens with one attached hydrogen (secondary N) is 1. The lowest BCUT2D eigenvalue weighted by molar-refractivity contribution is -0.913. The molecule has 0 aliphatic carbocycles. The summed E-state index contributed by atoms with van der Waals surface area (Å²) in [6.07, 6.45) is 0.584. The Kier molecular flexibility index (Phi) is 7.80. The van der Waals surface area contributed by atoms with E-state index >= 15 is 0 Å². The van der Waals surface area contributed by atoms with Gasteiger partial charge in [-0.3, -0.25) is 9.62 Å². The number of hydrogen-bond acceptors (Lipinski definition) is 5. The van der Waals surface area contributed by atoms with E-state index in [-0.39, 0.29) is 29.6 Å². The van der Waals surface area contributed by atoms with Crippen LogP contribution in [0.5, 0.6) is 11.5 Å². The third-order valence-electron chi connectivity index (χ3n) is 4.62. The highest BCUT2D eigenvalue weighted by atomic mass is 35.5. The summed E-state index contributed by atoms with van der Waals surface area (Å²) in [4.78, 5) is 2.30. The summed E-state index contributed by atoms with van der Waals surface area (Å²) in [7, 11) is 2.28. The monoisotopic (exact) mass is 393 g/mol. The summed E-state index contributed by atoms with van der Waals surface area (Å²) in [5, 5.41) is 9.80. The molecule has 144 valence electrons. The molecule has 1 fully saturated rings. The van der Waals surface area contributed by atoms with Gasteiger partial charge in [-0.1, -0.05) is 0 Å². The molecule has 0 spiro atoms. The largest absolute Gasteiger partial charge is 1.00 e. The average molecular weight is 394 g/mol. The van der Waals surface area contributed by atoms with Crippen LogP contribution in [0.4, 0.5) is 5.69 Å². The Morgan fingerprint density at radius 1 is 1.32 bits per heavy atom. The number of ether oxygens (including phenoxy) is 1. The third kappa shape index (κ3) is 6.54. The molecular formula is C16H28ClN3O4S. The molecule has 1 aromatic carbocycles. The summed E-state index contributed by atoms with van der Waals surface area (Å²) < 4.78 is 33.0. The molecular weight excluding hydrogens is 366 g/mol. The molecule has 9 heteroatoms. The lowest BCUT2D eigenvalue weighted by Gasteiger charge is -2.41. The van der Waals surface area contributed by atoms with E-state index in [1.165, 1.54) is 19.2 Å². The van der Waals surface area contributed by atoms with Crippen molar-refractivity contribution in [1.29, 1.82) is 0 Å². The quantitative estimate of drug-likeness (QED) is 0.411. The maximum Gasteiger partial charge on any atom is 0.233 e. The molecule has 2 rings (SSSR count). The van der Waals surface area contributed by atoms with Crippen molar-refractivity contribution in [1.82, 2.24) is 4.90 Å². The number of likely N-dealkylation sites (N-methyl/N-ethyl adjacent to an activating group) is 2. The number of anilines is 1. The van der Waals surface area contributed by atoms with Crippen molar-refractivity contribution in [2.24, 2.45) is 0 Å². The molecule has 0 unspecified atom stereocenters. The fraction of sp³-hybridized carbons (Fsp3) is 0.625. The Balaban J connectivity index is 0.00000312. The van der Waals surface area contributed by atoms with Gasteiger partial charge in [0.15, 0.2) is 0 Å². The van der Waals surface area contributed by atoms with Gasteiger partial charge in [-0.2, -0.15) is 0 Å². The van der Waals surface area contributed by atoms with Crippen molar-refractivity contribution in [3.8, 4) is 11.5 Å². The summed E-state index contributed by atoms with van der Waals surface area (Å²) in [6, 6.07) is 4.46. The molecule has 0 radical (unpaired) electrons. The minimum absolute atomic E-state index is 0. The first kappa shape index (κ1) is 21.8. The molecule has 1 aromatic rings. The first-order chi connectivity index (χ1) is 11.2. The molecule has 2 N–H and O–H groups in total. The van der Waals surface area contributed by atoms with Gasteiger partial charge >= 0.3 is 0 Å². The molecule has 1 saturated heterocycles. The Morgan fingerprint density at radius 3 is 2.56 bits per heavy atom. The number of phenolic OH excluding ortho intramolecular Hbond substituents is 1. The molecule has 0 amide bonds. The second-order valence-corrected chi connectivity index (χ2v) is 8.59. The van der Waals surface area contributed by atoms with Crippen LogP contribution < -0.4 is 21.9 Å². The fourth-order valence-electron chi connectivity index (χ4n) is 2.85. The third-order valence-corrected chi connectivity index (χ3v) is 5.98. The number of piperazine rings is 1. The van der Waals surface area contributed by atoms with E-state index in [2.05, 4.69) is 23.7 Å². The van der Waals surface area contributed by atoms with Crippen LogP contribution in [0.15, 0.2) is 18.2 Å². The van der Waals surface area contributed by atoms with Gasteiger partial charge in [0.25, 0.3) is 0 Å². The number of rotatable bonds is 7. The summed E-state index contributed by atoms with van der Waals surface area (Å²) in [6.45, 7) is 5.00. The molecule has 1 aliphatic rings. The van der Waals surface area contributed by atoms with E-state index in [9.17, 15) is 13.5 Å². The van der Waals surface area contributed by atoms with E-state index in [0.29, 0.717) is 12.2 Å². The minimum atomic E-state index is -3.51. The summed E-state index contributed by atoms with van der Waals surface area (Å²) in [5.74, 6) is 0.409. The number of methoxy groups -OCH3 is 1. The molecule has 0 aromatic heterocycles. The summed E-state index contributed by atoms with van der Waals surface area (Å²) in [5.41, 5.74) is 0.148. The molecule has 25 heavy (non-hydrogen) atoms. The molecule has 0 bridgehead atoms. The number of hydrogen-bond donors (Lipinski definition) is 2. The summed E-state index contributed by atoms with van der Waals surface area (Å²) >= 11 is 0. The van der Waals surface area contributed by atoms with E-state index in [4.69, 9.17) is 4.74 Å². The van der Waals surface area contributed by atoms with E-state index in [1.54, 1.807) is 6.07 Å². The van der Waals surface area contributed by atoms with Gasteiger partial charge in [0.1, 0.15) is 11.5 Å². The number of nitrogens with zero attached hydrogens (tertiary/aromatic N) is 2. The number of aromatic hydroxyl groups is 1. The van der Waals surface area contributed by atoms with Crippen molar-refractivity contribution in [2.45, 2.75) is 6.42 Å². The molecule has 0 saturated carbocycles. The van der Waals surface area contributed by atoms with Gasteiger partial charge in [0.2, 0.25) is 10.0 Å².